The van der Waals surface area contributed by atoms with E-state index in [-0.39, 0.29) is 5.91 Å². The van der Waals surface area contributed by atoms with Crippen molar-refractivity contribution >= 4 is 12.0 Å². The standard InChI is InChI=1S/C17H18N2O2/c1-21-16-8-5-14(6-9-16)11-13-19-17(20)10-7-15-4-2-3-12-18-15/h2-10,12H,11,13H2,1H3,(H,19,20)/b10-7+. The molecule has 0 aliphatic heterocycles. The van der Waals surface area contributed by atoms with Crippen LogP contribution in [0.4, 0.5) is 0 Å². The lowest BCUT2D eigenvalue weighted by Crippen LogP contribution is -2.23. The number of rotatable bonds is 6. The zero-order valence-corrected chi connectivity index (χ0v) is 12.0. The zero-order chi connectivity index (χ0) is 14.9. The van der Waals surface area contributed by atoms with E-state index in [9.17, 15) is 4.79 Å². The van der Waals surface area contributed by atoms with Crippen molar-refractivity contribution in [2.24, 2.45) is 0 Å². The van der Waals surface area contributed by atoms with Crippen LogP contribution in [0.1, 0.15) is 11.3 Å². The molecule has 1 aromatic heterocycles. The van der Waals surface area contributed by atoms with Crippen LogP contribution in [0.5, 0.6) is 5.75 Å². The van der Waals surface area contributed by atoms with Gasteiger partial charge in [-0.2, -0.15) is 0 Å². The first-order valence-electron chi connectivity index (χ1n) is 6.78. The van der Waals surface area contributed by atoms with Crippen LogP contribution in [0, 0.1) is 0 Å². The Bertz CT molecular complexity index is 592. The summed E-state index contributed by atoms with van der Waals surface area (Å²) >= 11 is 0. The Hall–Kier alpha value is -2.62. The molecule has 2 aromatic rings. The van der Waals surface area contributed by atoms with Crippen molar-refractivity contribution in [1.29, 1.82) is 0 Å². The number of benzene rings is 1. The fourth-order valence-corrected chi connectivity index (χ4v) is 1.82. The largest absolute Gasteiger partial charge is 0.497 e. The topological polar surface area (TPSA) is 51.2 Å². The minimum absolute atomic E-state index is 0.117. The Morgan fingerprint density at radius 1 is 1.24 bits per heavy atom. The number of carbonyl (C=O) groups excluding carboxylic acids is 1. The van der Waals surface area contributed by atoms with Crippen molar-refractivity contribution in [1.82, 2.24) is 10.3 Å². The van der Waals surface area contributed by atoms with Crippen molar-refractivity contribution in [2.75, 3.05) is 13.7 Å². The van der Waals surface area contributed by atoms with Gasteiger partial charge in [-0.15, -0.1) is 0 Å². The quantitative estimate of drug-likeness (QED) is 0.828. The van der Waals surface area contributed by atoms with Gasteiger partial charge in [-0.25, -0.2) is 0 Å². The van der Waals surface area contributed by atoms with Gasteiger partial charge in [-0.1, -0.05) is 18.2 Å². The van der Waals surface area contributed by atoms with E-state index in [1.807, 2.05) is 42.5 Å². The molecule has 4 nitrogen and oxygen atoms in total. The molecule has 0 unspecified atom stereocenters. The van der Waals surface area contributed by atoms with Gasteiger partial charge in [0.2, 0.25) is 5.91 Å². The number of ether oxygens (including phenoxy) is 1. The van der Waals surface area contributed by atoms with Gasteiger partial charge in [-0.3, -0.25) is 9.78 Å². The minimum atomic E-state index is -0.117. The molecule has 1 amide bonds. The highest BCUT2D eigenvalue weighted by molar-refractivity contribution is 5.91. The van der Waals surface area contributed by atoms with Crippen molar-refractivity contribution in [3.05, 3.63) is 66.0 Å². The van der Waals surface area contributed by atoms with Crippen LogP contribution in [0.2, 0.25) is 0 Å². The van der Waals surface area contributed by atoms with Crippen LogP contribution in [-0.4, -0.2) is 24.5 Å². The first-order chi connectivity index (χ1) is 10.3. The zero-order valence-electron chi connectivity index (χ0n) is 12.0. The maximum absolute atomic E-state index is 11.7. The van der Waals surface area contributed by atoms with Crippen molar-refractivity contribution < 1.29 is 9.53 Å². The maximum Gasteiger partial charge on any atom is 0.244 e. The predicted molar refractivity (Wildman–Crippen MR) is 83.0 cm³/mol. The van der Waals surface area contributed by atoms with Crippen LogP contribution in [0.15, 0.2) is 54.7 Å². The average molecular weight is 282 g/mol. The monoisotopic (exact) mass is 282 g/mol. The summed E-state index contributed by atoms with van der Waals surface area (Å²) < 4.78 is 5.10. The molecule has 0 spiro atoms. The van der Waals surface area contributed by atoms with Gasteiger partial charge in [0.15, 0.2) is 0 Å². The molecule has 0 atom stereocenters. The molecule has 0 radical (unpaired) electrons. The highest BCUT2D eigenvalue weighted by atomic mass is 16.5. The highest BCUT2D eigenvalue weighted by Gasteiger charge is 1.97. The van der Waals surface area contributed by atoms with Gasteiger partial charge in [-0.05, 0) is 42.3 Å². The summed E-state index contributed by atoms with van der Waals surface area (Å²) in [6.07, 6.45) is 5.67. The average Bonchev–Trinajstić information content (AvgIpc) is 2.54. The van der Waals surface area contributed by atoms with E-state index < -0.39 is 0 Å². The Kier molecular flexibility index (Phi) is 5.52. The lowest BCUT2D eigenvalue weighted by molar-refractivity contribution is -0.116. The maximum atomic E-state index is 11.7. The molecule has 2 rings (SSSR count). The molecule has 0 fully saturated rings. The fraction of sp³-hybridized carbons (Fsp3) is 0.176. The second-order valence-corrected chi connectivity index (χ2v) is 4.48. The van der Waals surface area contributed by atoms with Crippen LogP contribution in [0.25, 0.3) is 6.08 Å². The number of nitrogens with one attached hydrogen (secondary N) is 1. The second-order valence-electron chi connectivity index (χ2n) is 4.48. The van der Waals surface area contributed by atoms with Gasteiger partial charge in [0.1, 0.15) is 5.75 Å². The number of amides is 1. The van der Waals surface area contributed by atoms with E-state index in [1.165, 1.54) is 6.08 Å². The van der Waals surface area contributed by atoms with Crippen LogP contribution >= 0.6 is 0 Å². The molecule has 4 heteroatoms. The van der Waals surface area contributed by atoms with Gasteiger partial charge < -0.3 is 10.1 Å². The second kappa shape index (κ2) is 7.85. The highest BCUT2D eigenvalue weighted by Crippen LogP contribution is 2.11. The third-order valence-corrected chi connectivity index (χ3v) is 2.97. The summed E-state index contributed by atoms with van der Waals surface area (Å²) in [5.41, 5.74) is 1.92. The third kappa shape index (κ3) is 5.10. The molecular weight excluding hydrogens is 264 g/mol. The lowest BCUT2D eigenvalue weighted by Gasteiger charge is -2.04. The molecule has 108 valence electrons. The minimum Gasteiger partial charge on any atom is -0.497 e. The molecular formula is C17H18N2O2. The van der Waals surface area contributed by atoms with E-state index in [0.717, 1.165) is 23.4 Å². The number of hydrogen-bond donors (Lipinski definition) is 1. The number of carbonyl (C=O) groups is 1. The molecule has 0 aliphatic carbocycles. The van der Waals surface area contributed by atoms with Crippen molar-refractivity contribution in [2.45, 2.75) is 6.42 Å². The number of methoxy groups -OCH3 is 1. The van der Waals surface area contributed by atoms with Crippen molar-refractivity contribution in [3.63, 3.8) is 0 Å². The Morgan fingerprint density at radius 2 is 2.05 bits per heavy atom. The molecule has 21 heavy (non-hydrogen) atoms. The SMILES string of the molecule is COc1ccc(CCNC(=O)/C=C/c2ccccn2)cc1. The molecule has 0 saturated carbocycles. The number of aromatic nitrogens is 1. The lowest BCUT2D eigenvalue weighted by atomic mass is 10.1. The van der Waals surface area contributed by atoms with Gasteiger partial charge in [0.05, 0.1) is 12.8 Å². The summed E-state index contributed by atoms with van der Waals surface area (Å²) in [7, 11) is 1.64. The molecule has 1 N–H and O–H groups in total. The van der Waals surface area contributed by atoms with Gasteiger partial charge >= 0.3 is 0 Å². The van der Waals surface area contributed by atoms with Gasteiger partial charge in [0, 0.05) is 18.8 Å². The molecule has 0 aliphatic rings. The molecule has 0 bridgehead atoms. The van der Waals surface area contributed by atoms with E-state index in [2.05, 4.69) is 10.3 Å². The van der Waals surface area contributed by atoms with Crippen molar-refractivity contribution in [3.8, 4) is 5.75 Å². The Morgan fingerprint density at radius 3 is 2.71 bits per heavy atom. The number of hydrogen-bond acceptors (Lipinski definition) is 3. The summed E-state index contributed by atoms with van der Waals surface area (Å²) in [6.45, 7) is 0.595. The molecule has 0 saturated heterocycles. The predicted octanol–water partition coefficient (Wildman–Crippen LogP) is 2.46. The van der Waals surface area contributed by atoms with E-state index in [1.54, 1.807) is 19.4 Å². The number of pyridine rings is 1. The normalized spacial score (nSPS) is 10.5. The van der Waals surface area contributed by atoms with Crippen LogP contribution < -0.4 is 10.1 Å². The summed E-state index contributed by atoms with van der Waals surface area (Å²) in [5.74, 6) is 0.718. The van der Waals surface area contributed by atoms with E-state index in [0.29, 0.717) is 6.54 Å². The Balaban J connectivity index is 1.75. The molecule has 1 aromatic carbocycles. The Labute approximate surface area is 124 Å². The summed E-state index contributed by atoms with van der Waals surface area (Å²) in [5, 5.41) is 2.85. The first-order valence-corrected chi connectivity index (χ1v) is 6.78. The first kappa shape index (κ1) is 14.8. The third-order valence-electron chi connectivity index (χ3n) is 2.97. The van der Waals surface area contributed by atoms with Gasteiger partial charge in [0.25, 0.3) is 0 Å². The summed E-state index contributed by atoms with van der Waals surface area (Å²) in [4.78, 5) is 15.8. The van der Waals surface area contributed by atoms with E-state index in [4.69, 9.17) is 4.74 Å². The number of nitrogens with zero attached hydrogens (tertiary/aromatic N) is 1. The smallest absolute Gasteiger partial charge is 0.244 e. The molecule has 1 heterocycles. The summed E-state index contributed by atoms with van der Waals surface area (Å²) in [6, 6.07) is 13.4. The fourth-order valence-electron chi connectivity index (χ4n) is 1.82. The van der Waals surface area contributed by atoms with Crippen LogP contribution in [0.3, 0.4) is 0 Å². The van der Waals surface area contributed by atoms with E-state index >= 15 is 0 Å². The van der Waals surface area contributed by atoms with Crippen LogP contribution in [-0.2, 0) is 11.2 Å².